The van der Waals surface area contributed by atoms with Crippen molar-refractivity contribution in [2.45, 2.75) is 25.7 Å². The summed E-state index contributed by atoms with van der Waals surface area (Å²) in [6.45, 7) is 0.900. The molecule has 2 rings (SSSR count). The Balaban J connectivity index is 1.99. The molecule has 64 valence electrons. The molecule has 0 aromatic heterocycles. The highest BCUT2D eigenvalue weighted by molar-refractivity contribution is 7.99. The van der Waals surface area contributed by atoms with Crippen molar-refractivity contribution in [2.75, 3.05) is 18.1 Å². The van der Waals surface area contributed by atoms with E-state index in [1.54, 1.807) is 0 Å². The highest BCUT2D eigenvalue weighted by atomic mass is 32.2. The molecule has 0 aromatic carbocycles. The van der Waals surface area contributed by atoms with E-state index in [9.17, 15) is 0 Å². The van der Waals surface area contributed by atoms with Gasteiger partial charge in [-0.25, -0.2) is 0 Å². The lowest BCUT2D eigenvalue weighted by molar-refractivity contribution is 0.264. The maximum absolute atomic E-state index is 5.65. The van der Waals surface area contributed by atoms with Crippen LogP contribution in [-0.4, -0.2) is 18.1 Å². The Morgan fingerprint density at radius 3 is 2.73 bits per heavy atom. The fourth-order valence-electron chi connectivity index (χ4n) is 2.33. The average molecular weight is 171 g/mol. The second-order valence-electron chi connectivity index (χ2n) is 3.98. The second kappa shape index (κ2) is 2.98. The molecule has 1 unspecified atom stereocenters. The van der Waals surface area contributed by atoms with Crippen LogP contribution in [0.5, 0.6) is 0 Å². The summed E-state index contributed by atoms with van der Waals surface area (Å²) in [5, 5.41) is 0. The third-order valence-corrected chi connectivity index (χ3v) is 4.49. The molecule has 1 saturated carbocycles. The van der Waals surface area contributed by atoms with E-state index in [2.05, 4.69) is 11.8 Å². The van der Waals surface area contributed by atoms with Gasteiger partial charge in [-0.1, -0.05) is 0 Å². The van der Waals surface area contributed by atoms with Gasteiger partial charge in [-0.3, -0.25) is 0 Å². The summed E-state index contributed by atoms with van der Waals surface area (Å²) in [5.41, 5.74) is 6.34. The Bertz CT molecular complexity index is 136. The number of hydrogen-bond donors (Lipinski definition) is 1. The van der Waals surface area contributed by atoms with Crippen molar-refractivity contribution in [3.05, 3.63) is 0 Å². The van der Waals surface area contributed by atoms with Crippen LogP contribution in [0, 0.1) is 11.3 Å². The molecule has 1 heterocycles. The van der Waals surface area contributed by atoms with E-state index in [1.807, 2.05) is 0 Å². The van der Waals surface area contributed by atoms with Gasteiger partial charge in [0.1, 0.15) is 0 Å². The molecule has 1 aliphatic heterocycles. The molecule has 2 fully saturated rings. The fourth-order valence-corrected chi connectivity index (χ4v) is 3.96. The van der Waals surface area contributed by atoms with Crippen LogP contribution >= 0.6 is 11.8 Å². The molecular weight excluding hydrogens is 154 g/mol. The first-order chi connectivity index (χ1) is 5.37. The van der Waals surface area contributed by atoms with E-state index < -0.39 is 0 Å². The Kier molecular flexibility index (Phi) is 2.15. The third kappa shape index (κ3) is 1.43. The summed E-state index contributed by atoms with van der Waals surface area (Å²) in [6, 6.07) is 0. The van der Waals surface area contributed by atoms with Crippen molar-refractivity contribution in [1.29, 1.82) is 0 Å². The van der Waals surface area contributed by atoms with Crippen molar-refractivity contribution >= 4 is 11.8 Å². The van der Waals surface area contributed by atoms with Crippen LogP contribution in [0.15, 0.2) is 0 Å². The monoisotopic (exact) mass is 171 g/mol. The van der Waals surface area contributed by atoms with Crippen LogP contribution in [0.25, 0.3) is 0 Å². The number of nitrogens with two attached hydrogens (primary N) is 1. The van der Waals surface area contributed by atoms with Crippen LogP contribution in [0.4, 0.5) is 0 Å². The lowest BCUT2D eigenvalue weighted by atomic mass is 9.79. The smallest absolute Gasteiger partial charge is 0.000738 e. The zero-order valence-corrected chi connectivity index (χ0v) is 7.83. The summed E-state index contributed by atoms with van der Waals surface area (Å²) in [4.78, 5) is 0. The molecule has 0 amide bonds. The molecular formula is C9H17NS. The van der Waals surface area contributed by atoms with Crippen molar-refractivity contribution in [1.82, 2.24) is 0 Å². The van der Waals surface area contributed by atoms with Gasteiger partial charge in [0.15, 0.2) is 0 Å². The van der Waals surface area contributed by atoms with E-state index in [0.29, 0.717) is 5.41 Å². The Morgan fingerprint density at radius 1 is 1.45 bits per heavy atom. The van der Waals surface area contributed by atoms with Gasteiger partial charge >= 0.3 is 0 Å². The molecule has 2 aliphatic rings. The Morgan fingerprint density at radius 2 is 2.27 bits per heavy atom. The van der Waals surface area contributed by atoms with Crippen LogP contribution in [0.3, 0.4) is 0 Å². The third-order valence-electron chi connectivity index (χ3n) is 3.22. The Hall–Kier alpha value is 0.310. The molecule has 1 aliphatic carbocycles. The Labute approximate surface area is 73.1 Å². The maximum Gasteiger partial charge on any atom is -0.000738 e. The predicted octanol–water partition coefficient (Wildman–Crippen LogP) is 1.87. The molecule has 2 N–H and O–H groups in total. The largest absolute Gasteiger partial charge is 0.330 e. The van der Waals surface area contributed by atoms with E-state index in [-0.39, 0.29) is 0 Å². The van der Waals surface area contributed by atoms with E-state index >= 15 is 0 Å². The first-order valence-electron chi connectivity index (χ1n) is 4.65. The standard InChI is InChI=1S/C9H17NS/c10-5-3-9(8-1-2-8)4-6-11-7-9/h8H,1-7,10H2. The highest BCUT2D eigenvalue weighted by Crippen LogP contribution is 2.54. The van der Waals surface area contributed by atoms with Gasteiger partial charge in [-0.15, -0.1) is 0 Å². The zero-order valence-electron chi connectivity index (χ0n) is 7.01. The van der Waals surface area contributed by atoms with Crippen molar-refractivity contribution in [3.63, 3.8) is 0 Å². The van der Waals surface area contributed by atoms with Crippen LogP contribution in [0.1, 0.15) is 25.7 Å². The lowest BCUT2D eigenvalue weighted by Gasteiger charge is -2.27. The summed E-state index contributed by atoms with van der Waals surface area (Å²) >= 11 is 2.13. The van der Waals surface area contributed by atoms with E-state index in [1.165, 1.54) is 37.2 Å². The van der Waals surface area contributed by atoms with Gasteiger partial charge in [0.2, 0.25) is 0 Å². The van der Waals surface area contributed by atoms with Crippen LogP contribution < -0.4 is 5.73 Å². The average Bonchev–Trinajstić information content (AvgIpc) is 2.76. The van der Waals surface area contributed by atoms with Crippen LogP contribution in [0.2, 0.25) is 0 Å². The van der Waals surface area contributed by atoms with E-state index in [4.69, 9.17) is 5.73 Å². The second-order valence-corrected chi connectivity index (χ2v) is 5.08. The minimum atomic E-state index is 0.694. The van der Waals surface area contributed by atoms with Crippen molar-refractivity contribution in [3.8, 4) is 0 Å². The molecule has 1 atom stereocenters. The SMILES string of the molecule is NCCC1(C2CC2)CCSC1. The van der Waals surface area contributed by atoms with E-state index in [0.717, 1.165) is 12.5 Å². The van der Waals surface area contributed by atoms with Gasteiger partial charge in [-0.05, 0) is 55.1 Å². The highest BCUT2D eigenvalue weighted by Gasteiger charge is 2.46. The molecule has 1 saturated heterocycles. The van der Waals surface area contributed by atoms with Gasteiger partial charge in [0.25, 0.3) is 0 Å². The molecule has 0 aromatic rings. The molecule has 11 heavy (non-hydrogen) atoms. The number of thioether (sulfide) groups is 1. The van der Waals surface area contributed by atoms with Crippen LogP contribution in [-0.2, 0) is 0 Å². The maximum atomic E-state index is 5.65. The lowest BCUT2D eigenvalue weighted by Crippen LogP contribution is -2.26. The summed E-state index contributed by atoms with van der Waals surface area (Å²) in [5.74, 6) is 3.84. The van der Waals surface area contributed by atoms with Gasteiger partial charge < -0.3 is 5.73 Å². The van der Waals surface area contributed by atoms with Gasteiger partial charge in [0, 0.05) is 0 Å². The molecule has 0 spiro atoms. The van der Waals surface area contributed by atoms with Crippen molar-refractivity contribution in [2.24, 2.45) is 17.1 Å². The molecule has 0 radical (unpaired) electrons. The van der Waals surface area contributed by atoms with Crippen molar-refractivity contribution < 1.29 is 0 Å². The fraction of sp³-hybridized carbons (Fsp3) is 1.00. The normalized spacial score (nSPS) is 37.9. The topological polar surface area (TPSA) is 26.0 Å². The minimum Gasteiger partial charge on any atom is -0.330 e. The van der Waals surface area contributed by atoms with Gasteiger partial charge in [-0.2, -0.15) is 11.8 Å². The molecule has 0 bridgehead atoms. The summed E-state index contributed by atoms with van der Waals surface area (Å²) in [6.07, 6.45) is 5.70. The predicted molar refractivity (Wildman–Crippen MR) is 50.8 cm³/mol. The number of hydrogen-bond acceptors (Lipinski definition) is 2. The number of rotatable bonds is 3. The summed E-state index contributed by atoms with van der Waals surface area (Å²) in [7, 11) is 0. The molecule has 2 heteroatoms. The summed E-state index contributed by atoms with van der Waals surface area (Å²) < 4.78 is 0. The first-order valence-corrected chi connectivity index (χ1v) is 5.81. The quantitative estimate of drug-likeness (QED) is 0.701. The van der Waals surface area contributed by atoms with Gasteiger partial charge in [0.05, 0.1) is 0 Å². The zero-order chi connectivity index (χ0) is 7.73. The molecule has 1 nitrogen and oxygen atoms in total. The first kappa shape index (κ1) is 7.93. The minimum absolute atomic E-state index is 0.694.